The maximum absolute atomic E-state index is 3.50. The van der Waals surface area contributed by atoms with E-state index in [0.29, 0.717) is 0 Å². The summed E-state index contributed by atoms with van der Waals surface area (Å²) in [5.74, 6) is 0.987. The van der Waals surface area contributed by atoms with Crippen LogP contribution in [-0.2, 0) is 0 Å². The molecule has 16 heavy (non-hydrogen) atoms. The first-order chi connectivity index (χ1) is 7.88. The molecule has 2 rings (SSSR count). The summed E-state index contributed by atoms with van der Waals surface area (Å²) in [5, 5.41) is 3.50. The van der Waals surface area contributed by atoms with Gasteiger partial charge in [0, 0.05) is 6.04 Å². The van der Waals surface area contributed by atoms with E-state index in [2.05, 4.69) is 17.1 Å². The van der Waals surface area contributed by atoms with Crippen molar-refractivity contribution in [3.8, 4) is 0 Å². The Morgan fingerprint density at radius 2 is 1.56 bits per heavy atom. The maximum atomic E-state index is 3.50. The third kappa shape index (κ3) is 3.46. The normalized spacial score (nSPS) is 28.3. The zero-order chi connectivity index (χ0) is 11.2. The van der Waals surface area contributed by atoms with Crippen molar-refractivity contribution in [3.05, 3.63) is 0 Å². The quantitative estimate of drug-likeness (QED) is 0.776. The lowest BCUT2D eigenvalue weighted by Gasteiger charge is -2.37. The summed E-state index contributed by atoms with van der Waals surface area (Å²) < 4.78 is 0. The predicted octanol–water partition coefficient (Wildman–Crippen LogP) is 2.64. The standard InChI is InChI=1S/C14H28N2/c1-13(14-7-3-2-4-8-14)16-11-5-9-15-10-6-12-16/h13-15H,2-12H2,1H3. The molecular weight excluding hydrogens is 196 g/mol. The number of nitrogens with zero attached hydrogens (tertiary/aromatic N) is 1. The van der Waals surface area contributed by atoms with Crippen LogP contribution in [0.3, 0.4) is 0 Å². The van der Waals surface area contributed by atoms with Crippen molar-refractivity contribution in [2.75, 3.05) is 26.2 Å². The molecule has 1 aliphatic carbocycles. The van der Waals surface area contributed by atoms with Gasteiger partial charge in [0.15, 0.2) is 0 Å². The molecule has 1 unspecified atom stereocenters. The average Bonchev–Trinajstić information content (AvgIpc) is 2.29. The van der Waals surface area contributed by atoms with Crippen LogP contribution in [0, 0.1) is 5.92 Å². The van der Waals surface area contributed by atoms with E-state index in [-0.39, 0.29) is 0 Å². The first-order valence-corrected chi connectivity index (χ1v) is 7.32. The van der Waals surface area contributed by atoms with Gasteiger partial charge < -0.3 is 10.2 Å². The van der Waals surface area contributed by atoms with Gasteiger partial charge in [0.05, 0.1) is 0 Å². The van der Waals surface area contributed by atoms with E-state index in [9.17, 15) is 0 Å². The highest BCUT2D eigenvalue weighted by Gasteiger charge is 2.24. The molecule has 1 aliphatic heterocycles. The molecule has 2 fully saturated rings. The van der Waals surface area contributed by atoms with Gasteiger partial charge in [-0.25, -0.2) is 0 Å². The summed E-state index contributed by atoms with van der Waals surface area (Å²) >= 11 is 0. The third-order valence-electron chi connectivity index (χ3n) is 4.51. The Bertz CT molecular complexity index is 179. The third-order valence-corrected chi connectivity index (χ3v) is 4.51. The van der Waals surface area contributed by atoms with Crippen LogP contribution < -0.4 is 5.32 Å². The van der Waals surface area contributed by atoms with Crippen molar-refractivity contribution >= 4 is 0 Å². The maximum Gasteiger partial charge on any atom is 0.00952 e. The minimum atomic E-state index is 0.832. The van der Waals surface area contributed by atoms with E-state index >= 15 is 0 Å². The highest BCUT2D eigenvalue weighted by molar-refractivity contribution is 4.79. The van der Waals surface area contributed by atoms with Gasteiger partial charge in [-0.1, -0.05) is 19.3 Å². The van der Waals surface area contributed by atoms with Crippen molar-refractivity contribution in [2.45, 2.75) is 57.9 Å². The minimum Gasteiger partial charge on any atom is -0.317 e. The molecule has 0 aromatic rings. The first kappa shape index (κ1) is 12.4. The lowest BCUT2D eigenvalue weighted by molar-refractivity contribution is 0.122. The van der Waals surface area contributed by atoms with Gasteiger partial charge in [-0.15, -0.1) is 0 Å². The van der Waals surface area contributed by atoms with Crippen molar-refractivity contribution in [3.63, 3.8) is 0 Å². The van der Waals surface area contributed by atoms with Crippen LogP contribution in [0.25, 0.3) is 0 Å². The molecule has 0 aromatic heterocycles. The number of hydrogen-bond acceptors (Lipinski definition) is 2. The summed E-state index contributed by atoms with van der Waals surface area (Å²) in [6, 6.07) is 0.832. The fourth-order valence-electron chi connectivity index (χ4n) is 3.37. The molecule has 2 nitrogen and oxygen atoms in total. The fraction of sp³-hybridized carbons (Fsp3) is 1.00. The molecule has 1 atom stereocenters. The van der Waals surface area contributed by atoms with Gasteiger partial charge in [0.2, 0.25) is 0 Å². The monoisotopic (exact) mass is 224 g/mol. The second-order valence-corrected chi connectivity index (χ2v) is 5.63. The Morgan fingerprint density at radius 3 is 2.19 bits per heavy atom. The molecule has 0 aromatic carbocycles. The molecule has 1 N–H and O–H groups in total. The van der Waals surface area contributed by atoms with Crippen LogP contribution >= 0.6 is 0 Å². The summed E-state index contributed by atoms with van der Waals surface area (Å²) in [7, 11) is 0. The number of hydrogen-bond donors (Lipinski definition) is 1. The van der Waals surface area contributed by atoms with Crippen LogP contribution in [0.5, 0.6) is 0 Å². The van der Waals surface area contributed by atoms with Crippen molar-refractivity contribution in [1.29, 1.82) is 0 Å². The summed E-state index contributed by atoms with van der Waals surface area (Å²) in [4.78, 5) is 2.76. The zero-order valence-corrected chi connectivity index (χ0v) is 10.9. The largest absolute Gasteiger partial charge is 0.317 e. The molecule has 1 saturated carbocycles. The Balaban J connectivity index is 1.82. The molecular formula is C14H28N2. The van der Waals surface area contributed by atoms with Crippen LogP contribution in [0.4, 0.5) is 0 Å². The van der Waals surface area contributed by atoms with Gasteiger partial charge in [-0.3, -0.25) is 0 Å². The lowest BCUT2D eigenvalue weighted by Crippen LogP contribution is -2.43. The van der Waals surface area contributed by atoms with Crippen LogP contribution in [-0.4, -0.2) is 37.1 Å². The molecule has 2 heteroatoms. The van der Waals surface area contributed by atoms with Crippen LogP contribution in [0.2, 0.25) is 0 Å². The van der Waals surface area contributed by atoms with Gasteiger partial charge in [0.1, 0.15) is 0 Å². The highest BCUT2D eigenvalue weighted by atomic mass is 15.2. The Labute approximate surface area is 101 Å². The first-order valence-electron chi connectivity index (χ1n) is 7.32. The second kappa shape index (κ2) is 6.61. The van der Waals surface area contributed by atoms with Crippen LogP contribution in [0.15, 0.2) is 0 Å². The lowest BCUT2D eigenvalue weighted by atomic mass is 9.84. The van der Waals surface area contributed by atoms with Crippen LogP contribution in [0.1, 0.15) is 51.9 Å². The molecule has 1 heterocycles. The Kier molecular flexibility index (Phi) is 5.11. The highest BCUT2D eigenvalue weighted by Crippen LogP contribution is 2.29. The van der Waals surface area contributed by atoms with Gasteiger partial charge in [-0.05, 0) is 64.7 Å². The van der Waals surface area contributed by atoms with E-state index in [0.717, 1.165) is 12.0 Å². The summed E-state index contributed by atoms with van der Waals surface area (Å²) in [6.07, 6.45) is 10.1. The summed E-state index contributed by atoms with van der Waals surface area (Å²) in [5.41, 5.74) is 0. The molecule has 0 spiro atoms. The molecule has 0 amide bonds. The second-order valence-electron chi connectivity index (χ2n) is 5.63. The van der Waals surface area contributed by atoms with Crippen molar-refractivity contribution in [1.82, 2.24) is 10.2 Å². The van der Waals surface area contributed by atoms with Crippen molar-refractivity contribution in [2.24, 2.45) is 5.92 Å². The molecule has 0 bridgehead atoms. The molecule has 2 aliphatic rings. The number of nitrogens with one attached hydrogen (secondary N) is 1. The average molecular weight is 224 g/mol. The smallest absolute Gasteiger partial charge is 0.00952 e. The molecule has 0 radical (unpaired) electrons. The fourth-order valence-corrected chi connectivity index (χ4v) is 3.37. The predicted molar refractivity (Wildman–Crippen MR) is 69.7 cm³/mol. The van der Waals surface area contributed by atoms with E-state index in [1.165, 1.54) is 71.1 Å². The van der Waals surface area contributed by atoms with Crippen molar-refractivity contribution < 1.29 is 0 Å². The summed E-state index contributed by atoms with van der Waals surface area (Å²) in [6.45, 7) is 7.53. The SMILES string of the molecule is CC(C1CCCCC1)N1CCCNCCC1. The minimum absolute atomic E-state index is 0.832. The van der Waals surface area contributed by atoms with Gasteiger partial charge in [-0.2, -0.15) is 0 Å². The van der Waals surface area contributed by atoms with E-state index in [1.807, 2.05) is 0 Å². The number of rotatable bonds is 2. The van der Waals surface area contributed by atoms with E-state index < -0.39 is 0 Å². The zero-order valence-electron chi connectivity index (χ0n) is 10.9. The van der Waals surface area contributed by atoms with Gasteiger partial charge in [0.25, 0.3) is 0 Å². The topological polar surface area (TPSA) is 15.3 Å². The molecule has 94 valence electrons. The van der Waals surface area contributed by atoms with Gasteiger partial charge >= 0.3 is 0 Å². The molecule has 1 saturated heterocycles. The Morgan fingerprint density at radius 1 is 0.938 bits per heavy atom. The van der Waals surface area contributed by atoms with E-state index in [4.69, 9.17) is 0 Å². The van der Waals surface area contributed by atoms with E-state index in [1.54, 1.807) is 0 Å². The Hall–Kier alpha value is -0.0800.